The van der Waals surface area contributed by atoms with Gasteiger partial charge in [0.15, 0.2) is 0 Å². The van der Waals surface area contributed by atoms with Crippen LogP contribution in [0.2, 0.25) is 0 Å². The van der Waals surface area contributed by atoms with Gasteiger partial charge in [0, 0.05) is 23.1 Å². The Kier molecular flexibility index (Phi) is 3.75. The maximum absolute atomic E-state index is 12.0. The molecule has 0 bridgehead atoms. The number of nitrogens with zero attached hydrogens (tertiary/aromatic N) is 1. The third-order valence-electron chi connectivity index (χ3n) is 4.54. The molecule has 21 heavy (non-hydrogen) atoms. The van der Waals surface area contributed by atoms with Crippen LogP contribution in [0.3, 0.4) is 0 Å². The van der Waals surface area contributed by atoms with Crippen LogP contribution in [0.1, 0.15) is 48.8 Å². The largest absolute Gasteiger partial charge is 0.462 e. The van der Waals surface area contributed by atoms with Crippen molar-refractivity contribution >= 4 is 16.9 Å². The monoisotopic (exact) mass is 285 g/mol. The van der Waals surface area contributed by atoms with Crippen LogP contribution < -0.4 is 0 Å². The van der Waals surface area contributed by atoms with Crippen LogP contribution in [0.15, 0.2) is 18.2 Å². The predicted octanol–water partition coefficient (Wildman–Crippen LogP) is 3.96. The Labute approximate surface area is 125 Å². The summed E-state index contributed by atoms with van der Waals surface area (Å²) in [7, 11) is 0. The van der Waals surface area contributed by atoms with E-state index in [9.17, 15) is 4.79 Å². The average molecular weight is 285 g/mol. The standard InChI is InChI=1S/C18H23NO2/c1-4-19-16-8-6-12(3)10-14(16)15-11-13(7-9-17(15)19)18(20)21-5-2/h7,9,11-12H,4-6,8,10H2,1-3H3. The van der Waals surface area contributed by atoms with E-state index in [2.05, 4.69) is 24.5 Å². The highest BCUT2D eigenvalue weighted by atomic mass is 16.5. The van der Waals surface area contributed by atoms with Gasteiger partial charge in [0.05, 0.1) is 12.2 Å². The summed E-state index contributed by atoms with van der Waals surface area (Å²) in [5, 5.41) is 1.24. The molecule has 1 aliphatic carbocycles. The molecule has 1 heterocycles. The first kappa shape index (κ1) is 14.2. The van der Waals surface area contributed by atoms with Gasteiger partial charge in [0.25, 0.3) is 0 Å². The van der Waals surface area contributed by atoms with E-state index in [0.717, 1.165) is 25.3 Å². The highest BCUT2D eigenvalue weighted by Gasteiger charge is 2.23. The van der Waals surface area contributed by atoms with E-state index in [4.69, 9.17) is 4.74 Å². The van der Waals surface area contributed by atoms with Crippen molar-refractivity contribution in [2.45, 2.75) is 46.6 Å². The molecule has 0 amide bonds. The summed E-state index contributed by atoms with van der Waals surface area (Å²) < 4.78 is 7.54. The molecule has 0 aliphatic heterocycles. The molecule has 3 rings (SSSR count). The lowest BCUT2D eigenvalue weighted by Crippen LogP contribution is -2.13. The normalized spacial score (nSPS) is 17.8. The molecule has 1 aliphatic rings. The Morgan fingerprint density at radius 2 is 2.19 bits per heavy atom. The number of ether oxygens (including phenoxy) is 1. The van der Waals surface area contributed by atoms with E-state index in [1.807, 2.05) is 19.1 Å². The average Bonchev–Trinajstić information content (AvgIpc) is 2.79. The molecule has 3 nitrogen and oxygen atoms in total. The number of hydrogen-bond donors (Lipinski definition) is 0. The predicted molar refractivity (Wildman–Crippen MR) is 84.8 cm³/mol. The molecule has 2 aromatic rings. The Balaban J connectivity index is 2.16. The Bertz CT molecular complexity index is 684. The molecule has 0 spiro atoms. The highest BCUT2D eigenvalue weighted by molar-refractivity contribution is 5.96. The minimum Gasteiger partial charge on any atom is -0.462 e. The maximum atomic E-state index is 12.0. The molecule has 1 aromatic carbocycles. The topological polar surface area (TPSA) is 31.2 Å². The smallest absolute Gasteiger partial charge is 0.338 e. The van der Waals surface area contributed by atoms with Crippen molar-refractivity contribution in [3.8, 4) is 0 Å². The molecule has 0 saturated carbocycles. The van der Waals surface area contributed by atoms with Crippen LogP contribution >= 0.6 is 0 Å². The van der Waals surface area contributed by atoms with Gasteiger partial charge in [-0.1, -0.05) is 6.92 Å². The van der Waals surface area contributed by atoms with Gasteiger partial charge in [0.1, 0.15) is 0 Å². The number of carbonyl (C=O) groups excluding carboxylic acids is 1. The summed E-state index contributed by atoms with van der Waals surface area (Å²) in [6, 6.07) is 5.99. The fourth-order valence-electron chi connectivity index (χ4n) is 3.53. The van der Waals surface area contributed by atoms with Crippen LogP contribution in [0.4, 0.5) is 0 Å². The first-order valence-electron chi connectivity index (χ1n) is 7.96. The van der Waals surface area contributed by atoms with Crippen LogP contribution in [-0.4, -0.2) is 17.1 Å². The second-order valence-corrected chi connectivity index (χ2v) is 5.97. The molecule has 112 valence electrons. The van der Waals surface area contributed by atoms with E-state index in [0.29, 0.717) is 12.2 Å². The lowest BCUT2D eigenvalue weighted by molar-refractivity contribution is 0.0526. The summed E-state index contributed by atoms with van der Waals surface area (Å²) in [5.41, 5.74) is 4.83. The zero-order valence-corrected chi connectivity index (χ0v) is 13.1. The zero-order valence-electron chi connectivity index (χ0n) is 13.1. The van der Waals surface area contributed by atoms with Gasteiger partial charge in [-0.3, -0.25) is 0 Å². The van der Waals surface area contributed by atoms with Gasteiger partial charge in [-0.25, -0.2) is 4.79 Å². The maximum Gasteiger partial charge on any atom is 0.338 e. The third kappa shape index (κ3) is 2.35. The summed E-state index contributed by atoms with van der Waals surface area (Å²) in [6.45, 7) is 7.75. The van der Waals surface area contributed by atoms with Crippen LogP contribution in [0.25, 0.3) is 10.9 Å². The highest BCUT2D eigenvalue weighted by Crippen LogP contribution is 2.34. The number of rotatable bonds is 3. The summed E-state index contributed by atoms with van der Waals surface area (Å²) >= 11 is 0. The third-order valence-corrected chi connectivity index (χ3v) is 4.54. The van der Waals surface area contributed by atoms with Gasteiger partial charge in [0.2, 0.25) is 0 Å². The molecule has 0 fully saturated rings. The summed E-state index contributed by atoms with van der Waals surface area (Å²) in [5.74, 6) is 0.501. The van der Waals surface area contributed by atoms with E-state index >= 15 is 0 Å². The molecule has 1 unspecified atom stereocenters. The number of fused-ring (bicyclic) bond motifs is 3. The SMILES string of the molecule is CCOC(=O)c1ccc2c(c1)c1c(n2CC)CCC(C)C1. The van der Waals surface area contributed by atoms with Crippen LogP contribution in [-0.2, 0) is 24.1 Å². The van der Waals surface area contributed by atoms with Crippen LogP contribution in [0.5, 0.6) is 0 Å². The molecule has 0 radical (unpaired) electrons. The van der Waals surface area contributed by atoms with Crippen molar-refractivity contribution in [2.24, 2.45) is 5.92 Å². The number of esters is 1. The van der Waals surface area contributed by atoms with Gasteiger partial charge in [-0.05, 0) is 62.8 Å². The quantitative estimate of drug-likeness (QED) is 0.799. The minimum absolute atomic E-state index is 0.221. The first-order chi connectivity index (χ1) is 10.2. The molecule has 0 N–H and O–H groups in total. The summed E-state index contributed by atoms with van der Waals surface area (Å²) in [6.07, 6.45) is 3.52. The molecule has 3 heteroatoms. The number of carbonyl (C=O) groups is 1. The second-order valence-electron chi connectivity index (χ2n) is 5.97. The molecule has 1 aromatic heterocycles. The second kappa shape index (κ2) is 5.55. The van der Waals surface area contributed by atoms with Crippen molar-refractivity contribution in [1.82, 2.24) is 4.57 Å². The van der Waals surface area contributed by atoms with E-state index < -0.39 is 0 Å². The number of benzene rings is 1. The number of aromatic nitrogens is 1. The lowest BCUT2D eigenvalue weighted by atomic mass is 9.87. The molecule has 0 saturated heterocycles. The van der Waals surface area contributed by atoms with Crippen molar-refractivity contribution in [3.63, 3.8) is 0 Å². The van der Waals surface area contributed by atoms with Gasteiger partial charge in [-0.15, -0.1) is 0 Å². The van der Waals surface area contributed by atoms with E-state index in [-0.39, 0.29) is 5.97 Å². The Hall–Kier alpha value is -1.77. The van der Waals surface area contributed by atoms with Crippen molar-refractivity contribution < 1.29 is 9.53 Å². The zero-order chi connectivity index (χ0) is 15.0. The van der Waals surface area contributed by atoms with Crippen LogP contribution in [0, 0.1) is 5.92 Å². The van der Waals surface area contributed by atoms with E-state index in [1.54, 1.807) is 0 Å². The summed E-state index contributed by atoms with van der Waals surface area (Å²) in [4.78, 5) is 12.0. The van der Waals surface area contributed by atoms with Gasteiger partial charge in [-0.2, -0.15) is 0 Å². The number of aryl methyl sites for hydroxylation is 1. The fraction of sp³-hybridized carbons (Fsp3) is 0.500. The van der Waals surface area contributed by atoms with Gasteiger partial charge < -0.3 is 9.30 Å². The van der Waals surface area contributed by atoms with Crippen molar-refractivity contribution in [1.29, 1.82) is 0 Å². The van der Waals surface area contributed by atoms with Crippen molar-refractivity contribution in [3.05, 3.63) is 35.0 Å². The van der Waals surface area contributed by atoms with Gasteiger partial charge >= 0.3 is 5.97 Å². The minimum atomic E-state index is -0.221. The first-order valence-corrected chi connectivity index (χ1v) is 7.96. The molecular formula is C18H23NO2. The fourth-order valence-corrected chi connectivity index (χ4v) is 3.53. The molecule has 1 atom stereocenters. The Morgan fingerprint density at radius 1 is 1.38 bits per heavy atom. The number of hydrogen-bond acceptors (Lipinski definition) is 2. The lowest BCUT2D eigenvalue weighted by Gasteiger charge is -2.20. The molecular weight excluding hydrogens is 262 g/mol. The van der Waals surface area contributed by atoms with E-state index in [1.165, 1.54) is 28.6 Å². The Morgan fingerprint density at radius 3 is 2.90 bits per heavy atom. The van der Waals surface area contributed by atoms with Crippen molar-refractivity contribution in [2.75, 3.05) is 6.61 Å².